The molecule has 8 heteroatoms. The number of carbonyl (C=O) groups is 1. The zero-order valence-electron chi connectivity index (χ0n) is 11.8. The molecular weight excluding hydrogens is 285 g/mol. The van der Waals surface area contributed by atoms with Crippen molar-refractivity contribution in [1.29, 1.82) is 0 Å². The topological polar surface area (TPSA) is 83.7 Å². The standard InChI is InChI=1S/C12H18FN3O3S/c1-8-5-9(13)10(14)6-11(8)20(18,19)16(4)7-12(17)15(2)3/h5-6H,7,14H2,1-4H3. The van der Waals surface area contributed by atoms with E-state index in [0.717, 1.165) is 16.4 Å². The molecule has 0 fully saturated rings. The van der Waals surface area contributed by atoms with Gasteiger partial charge in [0.1, 0.15) is 5.82 Å². The van der Waals surface area contributed by atoms with Crippen LogP contribution in [-0.4, -0.2) is 51.2 Å². The third-order valence-corrected chi connectivity index (χ3v) is 4.78. The van der Waals surface area contributed by atoms with Gasteiger partial charge in [0.2, 0.25) is 15.9 Å². The summed E-state index contributed by atoms with van der Waals surface area (Å²) in [6.45, 7) is 1.17. The van der Waals surface area contributed by atoms with Crippen LogP contribution in [0.2, 0.25) is 0 Å². The van der Waals surface area contributed by atoms with Crippen molar-refractivity contribution in [3.63, 3.8) is 0 Å². The third kappa shape index (κ3) is 3.26. The van der Waals surface area contributed by atoms with Gasteiger partial charge in [0.15, 0.2) is 0 Å². The summed E-state index contributed by atoms with van der Waals surface area (Å²) in [4.78, 5) is 12.8. The van der Waals surface area contributed by atoms with Crippen molar-refractivity contribution in [3.05, 3.63) is 23.5 Å². The molecule has 0 atom stereocenters. The van der Waals surface area contributed by atoms with Gasteiger partial charge in [-0.2, -0.15) is 4.31 Å². The smallest absolute Gasteiger partial charge is 0.243 e. The lowest BCUT2D eigenvalue weighted by molar-refractivity contribution is -0.128. The highest BCUT2D eigenvalue weighted by molar-refractivity contribution is 7.89. The average molecular weight is 303 g/mol. The molecule has 0 aliphatic rings. The monoisotopic (exact) mass is 303 g/mol. The van der Waals surface area contributed by atoms with Crippen molar-refractivity contribution in [2.24, 2.45) is 0 Å². The van der Waals surface area contributed by atoms with Gasteiger partial charge in [-0.05, 0) is 24.6 Å². The first-order valence-corrected chi connectivity index (χ1v) is 7.23. The van der Waals surface area contributed by atoms with Crippen molar-refractivity contribution < 1.29 is 17.6 Å². The Hall–Kier alpha value is -1.67. The number of nitrogens with two attached hydrogens (primary N) is 1. The van der Waals surface area contributed by atoms with E-state index in [4.69, 9.17) is 5.73 Å². The number of amides is 1. The normalized spacial score (nSPS) is 11.7. The number of benzene rings is 1. The fourth-order valence-electron chi connectivity index (χ4n) is 1.53. The molecule has 0 radical (unpaired) electrons. The Morgan fingerprint density at radius 1 is 1.30 bits per heavy atom. The predicted octanol–water partition coefficient (Wildman–Crippen LogP) is 0.425. The highest BCUT2D eigenvalue weighted by Gasteiger charge is 2.26. The highest BCUT2D eigenvalue weighted by atomic mass is 32.2. The molecule has 0 aromatic heterocycles. The van der Waals surface area contributed by atoms with Crippen LogP contribution in [0.25, 0.3) is 0 Å². The van der Waals surface area contributed by atoms with Crippen molar-refractivity contribution >= 4 is 21.6 Å². The number of rotatable bonds is 4. The summed E-state index contributed by atoms with van der Waals surface area (Å²) in [6, 6.07) is 2.13. The summed E-state index contributed by atoms with van der Waals surface area (Å²) in [7, 11) is 0.452. The summed E-state index contributed by atoms with van der Waals surface area (Å²) in [6.07, 6.45) is 0. The molecule has 6 nitrogen and oxygen atoms in total. The second kappa shape index (κ2) is 5.76. The number of hydrogen-bond acceptors (Lipinski definition) is 4. The quantitative estimate of drug-likeness (QED) is 0.817. The lowest BCUT2D eigenvalue weighted by Crippen LogP contribution is -2.38. The van der Waals surface area contributed by atoms with Crippen molar-refractivity contribution in [3.8, 4) is 0 Å². The van der Waals surface area contributed by atoms with Gasteiger partial charge in [-0.15, -0.1) is 0 Å². The van der Waals surface area contributed by atoms with E-state index in [1.54, 1.807) is 0 Å². The molecule has 1 rings (SSSR count). The highest BCUT2D eigenvalue weighted by Crippen LogP contribution is 2.23. The van der Waals surface area contributed by atoms with Gasteiger partial charge < -0.3 is 10.6 Å². The van der Waals surface area contributed by atoms with E-state index in [1.807, 2.05) is 0 Å². The minimum atomic E-state index is -3.90. The Morgan fingerprint density at radius 3 is 2.35 bits per heavy atom. The van der Waals surface area contributed by atoms with E-state index in [2.05, 4.69) is 0 Å². The zero-order valence-corrected chi connectivity index (χ0v) is 12.7. The number of carbonyl (C=O) groups excluding carboxylic acids is 1. The first-order chi connectivity index (χ1) is 9.07. The van der Waals surface area contributed by atoms with Crippen molar-refractivity contribution in [1.82, 2.24) is 9.21 Å². The maximum absolute atomic E-state index is 13.3. The van der Waals surface area contributed by atoms with E-state index >= 15 is 0 Å². The van der Waals surface area contributed by atoms with Crippen LogP contribution in [0.15, 0.2) is 17.0 Å². The summed E-state index contributed by atoms with van der Waals surface area (Å²) < 4.78 is 38.9. The van der Waals surface area contributed by atoms with Gasteiger partial charge in [-0.3, -0.25) is 4.79 Å². The summed E-state index contributed by atoms with van der Waals surface area (Å²) in [5.41, 5.74) is 5.39. The number of nitrogens with zero attached hydrogens (tertiary/aromatic N) is 2. The number of aryl methyl sites for hydroxylation is 1. The van der Waals surface area contributed by atoms with Crippen LogP contribution in [0.3, 0.4) is 0 Å². The van der Waals surface area contributed by atoms with Crippen LogP contribution in [0.1, 0.15) is 5.56 Å². The predicted molar refractivity (Wildman–Crippen MR) is 74.1 cm³/mol. The second-order valence-corrected chi connectivity index (χ2v) is 6.70. The van der Waals surface area contributed by atoms with Crippen molar-refractivity contribution in [2.45, 2.75) is 11.8 Å². The first kappa shape index (κ1) is 16.4. The van der Waals surface area contributed by atoms with Gasteiger partial charge in [0.25, 0.3) is 0 Å². The molecule has 0 aliphatic heterocycles. The molecule has 0 bridgehead atoms. The summed E-state index contributed by atoms with van der Waals surface area (Å²) >= 11 is 0. The van der Waals surface area contributed by atoms with Gasteiger partial charge in [0, 0.05) is 21.1 Å². The largest absolute Gasteiger partial charge is 0.396 e. The van der Waals surface area contributed by atoms with Gasteiger partial charge in [-0.25, -0.2) is 12.8 Å². The minimum Gasteiger partial charge on any atom is -0.396 e. The number of anilines is 1. The Bertz CT molecular complexity index is 629. The summed E-state index contributed by atoms with van der Waals surface area (Å²) in [5.74, 6) is -1.03. The molecular formula is C12H18FN3O3S. The Kier molecular flexibility index (Phi) is 4.72. The lowest BCUT2D eigenvalue weighted by atomic mass is 10.2. The molecule has 0 saturated carbocycles. The minimum absolute atomic E-state index is 0.106. The van der Waals surface area contributed by atoms with Crippen molar-refractivity contribution in [2.75, 3.05) is 33.4 Å². The van der Waals surface area contributed by atoms with E-state index < -0.39 is 15.8 Å². The molecule has 0 spiro atoms. The van der Waals surface area contributed by atoms with Crippen LogP contribution >= 0.6 is 0 Å². The Balaban J connectivity index is 3.17. The molecule has 1 aromatic carbocycles. The maximum atomic E-state index is 13.3. The molecule has 1 aromatic rings. The molecule has 0 aliphatic carbocycles. The zero-order chi connectivity index (χ0) is 15.7. The van der Waals surface area contributed by atoms with Crippen LogP contribution in [0.5, 0.6) is 0 Å². The van der Waals surface area contributed by atoms with E-state index in [-0.39, 0.29) is 28.6 Å². The molecule has 0 heterocycles. The fraction of sp³-hybridized carbons (Fsp3) is 0.417. The van der Waals surface area contributed by atoms with E-state index in [1.165, 1.54) is 33.0 Å². The molecule has 1 amide bonds. The lowest BCUT2D eigenvalue weighted by Gasteiger charge is -2.20. The maximum Gasteiger partial charge on any atom is 0.243 e. The number of likely N-dealkylation sites (N-methyl/N-ethyl adjacent to an activating group) is 2. The number of nitrogen functional groups attached to an aromatic ring is 1. The van der Waals surface area contributed by atoms with Gasteiger partial charge in [-0.1, -0.05) is 0 Å². The van der Waals surface area contributed by atoms with E-state index in [9.17, 15) is 17.6 Å². The Morgan fingerprint density at radius 2 is 1.85 bits per heavy atom. The van der Waals surface area contributed by atoms with Crippen LogP contribution < -0.4 is 5.73 Å². The molecule has 20 heavy (non-hydrogen) atoms. The van der Waals surface area contributed by atoms with E-state index in [0.29, 0.717) is 0 Å². The van der Waals surface area contributed by atoms with Crippen LogP contribution in [-0.2, 0) is 14.8 Å². The summed E-state index contributed by atoms with van der Waals surface area (Å²) in [5, 5.41) is 0. The SMILES string of the molecule is Cc1cc(F)c(N)cc1S(=O)(=O)N(C)CC(=O)N(C)C. The third-order valence-electron chi connectivity index (χ3n) is 2.84. The molecule has 0 saturated heterocycles. The molecule has 2 N–H and O–H groups in total. The van der Waals surface area contributed by atoms with Crippen LogP contribution in [0.4, 0.5) is 10.1 Å². The number of hydrogen-bond donors (Lipinski definition) is 1. The second-order valence-electron chi connectivity index (χ2n) is 4.69. The van der Waals surface area contributed by atoms with Gasteiger partial charge >= 0.3 is 0 Å². The van der Waals surface area contributed by atoms with Gasteiger partial charge in [0.05, 0.1) is 17.1 Å². The fourth-order valence-corrected chi connectivity index (χ4v) is 2.89. The molecule has 0 unspecified atom stereocenters. The molecule has 112 valence electrons. The Labute approximate surface area is 118 Å². The van der Waals surface area contributed by atoms with Crippen LogP contribution in [0, 0.1) is 12.7 Å². The first-order valence-electron chi connectivity index (χ1n) is 5.79. The average Bonchev–Trinajstić information content (AvgIpc) is 2.33. The number of sulfonamides is 1. The number of halogens is 1.